The second-order valence-electron chi connectivity index (χ2n) is 5.70. The first-order valence-electron chi connectivity index (χ1n) is 8.02. The Morgan fingerprint density at radius 3 is 2.52 bits per heavy atom. The van der Waals surface area contributed by atoms with Crippen LogP contribution in [-0.2, 0) is 0 Å². The molecule has 1 heterocycles. The number of amides is 1. The summed E-state index contributed by atoms with van der Waals surface area (Å²) in [6, 6.07) is 7.83. The van der Waals surface area contributed by atoms with Crippen LogP contribution < -0.4 is 10.2 Å². The molecule has 2 N–H and O–H groups in total. The zero-order chi connectivity index (χ0) is 15.1. The van der Waals surface area contributed by atoms with Crippen LogP contribution in [0.4, 0.5) is 5.69 Å². The fourth-order valence-electron chi connectivity index (χ4n) is 2.63. The third-order valence-electron chi connectivity index (χ3n) is 4.09. The van der Waals surface area contributed by atoms with E-state index in [4.69, 9.17) is 0 Å². The third-order valence-corrected chi connectivity index (χ3v) is 4.09. The largest absolute Gasteiger partial charge is 0.393 e. The van der Waals surface area contributed by atoms with E-state index in [-0.39, 0.29) is 12.0 Å². The fraction of sp³-hybridized carbons (Fsp3) is 0.588. The molecule has 0 aromatic heterocycles. The van der Waals surface area contributed by atoms with Crippen molar-refractivity contribution in [1.82, 2.24) is 5.32 Å². The Kier molecular flexibility index (Phi) is 6.05. The molecule has 1 aliphatic heterocycles. The highest BCUT2D eigenvalue weighted by Crippen LogP contribution is 2.20. The Balaban J connectivity index is 1.84. The molecule has 1 aromatic rings. The Morgan fingerprint density at radius 1 is 1.24 bits per heavy atom. The monoisotopic (exact) mass is 290 g/mol. The lowest BCUT2D eigenvalue weighted by Crippen LogP contribution is -2.29. The van der Waals surface area contributed by atoms with Gasteiger partial charge in [0.15, 0.2) is 0 Å². The molecule has 4 nitrogen and oxygen atoms in total. The number of aliphatic hydroxyl groups is 1. The van der Waals surface area contributed by atoms with Crippen LogP contribution in [0.1, 0.15) is 49.4 Å². The van der Waals surface area contributed by atoms with Crippen LogP contribution >= 0.6 is 0 Å². The summed E-state index contributed by atoms with van der Waals surface area (Å²) in [4.78, 5) is 14.4. The Morgan fingerprint density at radius 2 is 1.90 bits per heavy atom. The normalized spacial score (nSPS) is 16.6. The summed E-state index contributed by atoms with van der Waals surface area (Å²) >= 11 is 0. The molecule has 1 amide bonds. The molecule has 1 aliphatic rings. The van der Waals surface area contributed by atoms with Crippen LogP contribution in [0.2, 0.25) is 0 Å². The first-order chi connectivity index (χ1) is 10.2. The van der Waals surface area contributed by atoms with Crippen LogP contribution in [0, 0.1) is 0 Å². The van der Waals surface area contributed by atoms with Gasteiger partial charge in [-0.3, -0.25) is 4.79 Å². The van der Waals surface area contributed by atoms with Crippen molar-refractivity contribution in [3.8, 4) is 0 Å². The van der Waals surface area contributed by atoms with Gasteiger partial charge in [-0.05, 0) is 56.4 Å². The minimum Gasteiger partial charge on any atom is -0.393 e. The average Bonchev–Trinajstić information content (AvgIpc) is 2.55. The van der Waals surface area contributed by atoms with Crippen molar-refractivity contribution in [3.63, 3.8) is 0 Å². The van der Waals surface area contributed by atoms with Crippen molar-refractivity contribution >= 4 is 11.6 Å². The van der Waals surface area contributed by atoms with Gasteiger partial charge < -0.3 is 15.3 Å². The number of rotatable bonds is 6. The Bertz CT molecular complexity index is 439. The number of hydrogen-bond acceptors (Lipinski definition) is 3. The van der Waals surface area contributed by atoms with Gasteiger partial charge in [0.1, 0.15) is 0 Å². The smallest absolute Gasteiger partial charge is 0.251 e. The molecule has 116 valence electrons. The van der Waals surface area contributed by atoms with Crippen LogP contribution in [-0.4, -0.2) is 36.8 Å². The van der Waals surface area contributed by atoms with E-state index in [0.29, 0.717) is 18.5 Å². The maximum atomic E-state index is 12.0. The van der Waals surface area contributed by atoms with Gasteiger partial charge in [0, 0.05) is 30.9 Å². The number of carbonyl (C=O) groups is 1. The molecule has 1 aromatic carbocycles. The first-order valence-corrected chi connectivity index (χ1v) is 8.02. The van der Waals surface area contributed by atoms with Gasteiger partial charge in [0.05, 0.1) is 6.10 Å². The number of nitrogens with zero attached hydrogens (tertiary/aromatic N) is 1. The predicted molar refractivity (Wildman–Crippen MR) is 85.8 cm³/mol. The first kappa shape index (κ1) is 15.8. The van der Waals surface area contributed by atoms with Gasteiger partial charge in [-0.15, -0.1) is 0 Å². The molecule has 0 saturated carbocycles. The molecule has 21 heavy (non-hydrogen) atoms. The van der Waals surface area contributed by atoms with E-state index < -0.39 is 0 Å². The molecular formula is C17H26N2O2. The summed E-state index contributed by atoms with van der Waals surface area (Å²) in [6.07, 6.45) is 4.82. The van der Waals surface area contributed by atoms with E-state index in [2.05, 4.69) is 10.2 Å². The number of anilines is 1. The summed E-state index contributed by atoms with van der Waals surface area (Å²) in [5.41, 5.74) is 1.88. The molecule has 0 aliphatic carbocycles. The van der Waals surface area contributed by atoms with Crippen LogP contribution in [0.15, 0.2) is 24.3 Å². The zero-order valence-electron chi connectivity index (χ0n) is 12.8. The number of aliphatic hydroxyl groups excluding tert-OH is 1. The van der Waals surface area contributed by atoms with E-state index in [9.17, 15) is 9.90 Å². The number of piperidine rings is 1. The number of carbonyl (C=O) groups excluding carboxylic acids is 1. The second kappa shape index (κ2) is 8.03. The lowest BCUT2D eigenvalue weighted by Gasteiger charge is -2.28. The third kappa shape index (κ3) is 4.74. The molecule has 1 atom stereocenters. The lowest BCUT2D eigenvalue weighted by molar-refractivity contribution is 0.0942. The minimum absolute atomic E-state index is 0.0662. The van der Waals surface area contributed by atoms with Gasteiger partial charge >= 0.3 is 0 Å². The molecule has 0 bridgehead atoms. The van der Waals surface area contributed by atoms with Crippen LogP contribution in [0.25, 0.3) is 0 Å². The van der Waals surface area contributed by atoms with Crippen molar-refractivity contribution in [2.24, 2.45) is 0 Å². The fourth-order valence-corrected chi connectivity index (χ4v) is 2.63. The van der Waals surface area contributed by atoms with Crippen molar-refractivity contribution in [1.29, 1.82) is 0 Å². The molecule has 1 unspecified atom stereocenters. The van der Waals surface area contributed by atoms with Crippen molar-refractivity contribution < 1.29 is 9.90 Å². The summed E-state index contributed by atoms with van der Waals surface area (Å²) in [6.45, 7) is 4.68. The predicted octanol–water partition coefficient (Wildman–Crippen LogP) is 2.57. The van der Waals surface area contributed by atoms with Crippen LogP contribution in [0.5, 0.6) is 0 Å². The number of hydrogen-bond donors (Lipinski definition) is 2. The van der Waals surface area contributed by atoms with Gasteiger partial charge in [-0.25, -0.2) is 0 Å². The van der Waals surface area contributed by atoms with E-state index in [1.54, 1.807) is 0 Å². The van der Waals surface area contributed by atoms with Gasteiger partial charge in [-0.2, -0.15) is 0 Å². The maximum absolute atomic E-state index is 12.0. The average molecular weight is 290 g/mol. The number of benzene rings is 1. The highest BCUT2D eigenvalue weighted by molar-refractivity contribution is 5.94. The highest BCUT2D eigenvalue weighted by Gasteiger charge is 2.12. The Labute approximate surface area is 127 Å². The molecule has 0 spiro atoms. The van der Waals surface area contributed by atoms with Gasteiger partial charge in [0.25, 0.3) is 5.91 Å². The zero-order valence-corrected chi connectivity index (χ0v) is 12.8. The van der Waals surface area contributed by atoms with E-state index >= 15 is 0 Å². The van der Waals surface area contributed by atoms with Crippen molar-refractivity contribution in [2.75, 3.05) is 24.5 Å². The van der Waals surface area contributed by atoms with E-state index in [1.807, 2.05) is 31.2 Å². The molecular weight excluding hydrogens is 264 g/mol. The molecule has 4 heteroatoms. The standard InChI is InChI=1S/C17H26N2O2/c1-2-16(20)10-11-18-17(21)14-6-8-15(9-7-14)19-12-4-3-5-13-19/h6-9,16,20H,2-5,10-13H2,1H3,(H,18,21). The lowest BCUT2D eigenvalue weighted by atomic mass is 10.1. The second-order valence-corrected chi connectivity index (χ2v) is 5.70. The molecule has 0 radical (unpaired) electrons. The van der Waals surface area contributed by atoms with Gasteiger partial charge in [-0.1, -0.05) is 6.92 Å². The quantitative estimate of drug-likeness (QED) is 0.846. The highest BCUT2D eigenvalue weighted by atomic mass is 16.3. The summed E-state index contributed by atoms with van der Waals surface area (Å²) in [7, 11) is 0. The molecule has 1 saturated heterocycles. The van der Waals surface area contributed by atoms with E-state index in [1.165, 1.54) is 24.9 Å². The summed E-state index contributed by atoms with van der Waals surface area (Å²) < 4.78 is 0. The molecule has 1 fully saturated rings. The molecule has 2 rings (SSSR count). The topological polar surface area (TPSA) is 52.6 Å². The summed E-state index contributed by atoms with van der Waals surface area (Å²) in [5.74, 6) is -0.0662. The van der Waals surface area contributed by atoms with E-state index in [0.717, 1.165) is 19.5 Å². The van der Waals surface area contributed by atoms with Crippen molar-refractivity contribution in [3.05, 3.63) is 29.8 Å². The minimum atomic E-state index is -0.327. The SMILES string of the molecule is CCC(O)CCNC(=O)c1ccc(N2CCCCC2)cc1. The Hall–Kier alpha value is -1.55. The van der Waals surface area contributed by atoms with Crippen molar-refractivity contribution in [2.45, 2.75) is 45.1 Å². The van der Waals surface area contributed by atoms with Gasteiger partial charge in [0.2, 0.25) is 0 Å². The summed E-state index contributed by atoms with van der Waals surface area (Å²) in [5, 5.41) is 12.3. The van der Waals surface area contributed by atoms with Crippen LogP contribution in [0.3, 0.4) is 0 Å². The number of nitrogens with one attached hydrogen (secondary N) is 1. The maximum Gasteiger partial charge on any atom is 0.251 e.